The van der Waals surface area contributed by atoms with Crippen molar-refractivity contribution >= 4 is 23.7 Å². The van der Waals surface area contributed by atoms with Gasteiger partial charge in [0.25, 0.3) is 0 Å². The first-order chi connectivity index (χ1) is 18.6. The Morgan fingerprint density at radius 3 is 1.87 bits per heavy atom. The van der Waals surface area contributed by atoms with Crippen LogP contribution in [-0.4, -0.2) is 76.3 Å². The summed E-state index contributed by atoms with van der Waals surface area (Å²) in [5.41, 5.74) is 12.4. The number of nitrogens with two attached hydrogens (primary N) is 2. The Balaban J connectivity index is 2.26. The van der Waals surface area contributed by atoms with Gasteiger partial charge in [0.1, 0.15) is 29.9 Å². The number of carboxylic acids is 1. The third-order valence-electron chi connectivity index (χ3n) is 6.02. The van der Waals surface area contributed by atoms with E-state index in [1.54, 1.807) is 42.5 Å². The molecule has 12 heteroatoms. The molecule has 0 heterocycles. The highest BCUT2D eigenvalue weighted by Gasteiger charge is 2.30. The van der Waals surface area contributed by atoms with Crippen molar-refractivity contribution in [3.8, 4) is 5.75 Å². The minimum Gasteiger partial charge on any atom is -0.508 e. The van der Waals surface area contributed by atoms with Gasteiger partial charge in [-0.2, -0.15) is 0 Å². The number of carboxylic acid groups (broad SMARTS) is 1. The van der Waals surface area contributed by atoms with Crippen LogP contribution in [0.3, 0.4) is 0 Å². The third-order valence-corrected chi connectivity index (χ3v) is 6.02. The molecular formula is C27H37N5O7. The zero-order valence-corrected chi connectivity index (χ0v) is 21.6. The Bertz CT molecular complexity index is 1080. The average Bonchev–Trinajstić information content (AvgIpc) is 2.92. The molecular weight excluding hydrogens is 506 g/mol. The Hall–Kier alpha value is -4.00. The van der Waals surface area contributed by atoms with Gasteiger partial charge in [0, 0.05) is 12.8 Å². The molecule has 2 aromatic carbocycles. The van der Waals surface area contributed by atoms with E-state index in [1.807, 2.05) is 0 Å². The van der Waals surface area contributed by atoms with Crippen LogP contribution in [0.5, 0.6) is 5.75 Å². The first-order valence-corrected chi connectivity index (χ1v) is 12.7. The first kappa shape index (κ1) is 31.2. The van der Waals surface area contributed by atoms with Gasteiger partial charge in [-0.15, -0.1) is 0 Å². The number of benzene rings is 2. The van der Waals surface area contributed by atoms with E-state index in [4.69, 9.17) is 11.5 Å². The molecule has 0 aliphatic rings. The Morgan fingerprint density at radius 2 is 1.28 bits per heavy atom. The number of aliphatic hydroxyl groups excluding tert-OH is 1. The molecule has 0 fully saturated rings. The summed E-state index contributed by atoms with van der Waals surface area (Å²) in [7, 11) is 0. The number of aliphatic hydroxyl groups is 1. The molecule has 0 saturated carbocycles. The molecule has 4 unspecified atom stereocenters. The van der Waals surface area contributed by atoms with E-state index in [0.717, 1.165) is 0 Å². The summed E-state index contributed by atoms with van der Waals surface area (Å²) in [4.78, 5) is 50.8. The predicted molar refractivity (Wildman–Crippen MR) is 143 cm³/mol. The SMILES string of the molecule is NCCCCC(NC(=O)C(N)CO)C(=O)NC(Cc1ccc(O)cc1)C(=O)NC(Cc1ccccc1)C(=O)O. The van der Waals surface area contributed by atoms with E-state index in [0.29, 0.717) is 30.5 Å². The van der Waals surface area contributed by atoms with Crippen molar-refractivity contribution in [3.05, 3.63) is 65.7 Å². The molecule has 2 rings (SSSR count). The molecule has 3 amide bonds. The molecule has 0 saturated heterocycles. The fraction of sp³-hybridized carbons (Fsp3) is 0.407. The Labute approximate surface area is 226 Å². The van der Waals surface area contributed by atoms with Crippen molar-refractivity contribution in [2.45, 2.75) is 56.3 Å². The van der Waals surface area contributed by atoms with Crippen molar-refractivity contribution in [1.82, 2.24) is 16.0 Å². The van der Waals surface area contributed by atoms with Gasteiger partial charge in [0.15, 0.2) is 0 Å². The second kappa shape index (κ2) is 16.1. The van der Waals surface area contributed by atoms with E-state index in [9.17, 15) is 34.5 Å². The molecule has 4 atom stereocenters. The van der Waals surface area contributed by atoms with E-state index in [-0.39, 0.29) is 25.0 Å². The van der Waals surface area contributed by atoms with Crippen LogP contribution >= 0.6 is 0 Å². The molecule has 212 valence electrons. The van der Waals surface area contributed by atoms with Crippen LogP contribution in [0, 0.1) is 0 Å². The van der Waals surface area contributed by atoms with Crippen molar-refractivity contribution in [1.29, 1.82) is 0 Å². The van der Waals surface area contributed by atoms with Gasteiger partial charge in [-0.1, -0.05) is 42.5 Å². The van der Waals surface area contributed by atoms with Gasteiger partial charge in [-0.3, -0.25) is 14.4 Å². The van der Waals surface area contributed by atoms with Gasteiger partial charge < -0.3 is 42.7 Å². The van der Waals surface area contributed by atoms with Crippen molar-refractivity contribution in [2.75, 3.05) is 13.2 Å². The average molecular weight is 544 g/mol. The lowest BCUT2D eigenvalue weighted by Crippen LogP contribution is -2.58. The lowest BCUT2D eigenvalue weighted by molar-refractivity contribution is -0.142. The predicted octanol–water partition coefficient (Wildman–Crippen LogP) is -0.835. The van der Waals surface area contributed by atoms with E-state index < -0.39 is 54.5 Å². The standard InChI is InChI=1S/C27H37N5O7/c28-13-5-4-8-21(30-24(35)20(29)16-33)25(36)31-22(14-18-9-11-19(34)12-10-18)26(37)32-23(27(38)39)15-17-6-2-1-3-7-17/h1-3,6-7,9-12,20-23,33-34H,4-5,8,13-16,28-29H2,(H,30,35)(H,31,36)(H,32,37)(H,38,39). The second-order valence-corrected chi connectivity index (χ2v) is 9.16. The molecule has 0 bridgehead atoms. The highest BCUT2D eigenvalue weighted by Crippen LogP contribution is 2.13. The number of nitrogens with one attached hydrogen (secondary N) is 3. The molecule has 0 radical (unpaired) electrons. The van der Waals surface area contributed by atoms with Crippen LogP contribution in [0.4, 0.5) is 0 Å². The molecule has 0 aromatic heterocycles. The molecule has 2 aromatic rings. The van der Waals surface area contributed by atoms with E-state index in [1.165, 1.54) is 12.1 Å². The first-order valence-electron chi connectivity index (χ1n) is 12.7. The zero-order valence-electron chi connectivity index (χ0n) is 21.6. The Morgan fingerprint density at radius 1 is 0.744 bits per heavy atom. The normalized spacial score (nSPS) is 13.9. The summed E-state index contributed by atoms with van der Waals surface area (Å²) in [5.74, 6) is -3.38. The number of hydrogen-bond acceptors (Lipinski definition) is 8. The van der Waals surface area contributed by atoms with E-state index >= 15 is 0 Å². The quantitative estimate of drug-likeness (QED) is 0.124. The number of phenols is 1. The second-order valence-electron chi connectivity index (χ2n) is 9.16. The van der Waals surface area contributed by atoms with Gasteiger partial charge in [-0.25, -0.2) is 4.79 Å². The number of unbranched alkanes of at least 4 members (excludes halogenated alkanes) is 1. The summed E-state index contributed by atoms with van der Waals surface area (Å²) in [6.07, 6.45) is 1.29. The van der Waals surface area contributed by atoms with E-state index in [2.05, 4.69) is 16.0 Å². The Kier molecular flexibility index (Phi) is 12.9. The molecule has 10 N–H and O–H groups in total. The number of hydrogen-bond donors (Lipinski definition) is 8. The fourth-order valence-corrected chi connectivity index (χ4v) is 3.79. The van der Waals surface area contributed by atoms with Crippen LogP contribution in [0.2, 0.25) is 0 Å². The van der Waals surface area contributed by atoms with Gasteiger partial charge in [0.2, 0.25) is 17.7 Å². The number of aliphatic carboxylic acids is 1. The number of carbonyl (C=O) groups excluding carboxylic acids is 3. The van der Waals surface area contributed by atoms with Crippen LogP contribution in [0.15, 0.2) is 54.6 Å². The van der Waals surface area contributed by atoms with Crippen LogP contribution in [-0.2, 0) is 32.0 Å². The summed E-state index contributed by atoms with van der Waals surface area (Å²) in [6, 6.07) is 9.99. The highest BCUT2D eigenvalue weighted by molar-refractivity contribution is 5.94. The fourth-order valence-electron chi connectivity index (χ4n) is 3.79. The summed E-state index contributed by atoms with van der Waals surface area (Å²) >= 11 is 0. The summed E-state index contributed by atoms with van der Waals surface area (Å²) in [5, 5.41) is 36.1. The lowest BCUT2D eigenvalue weighted by atomic mass is 10.0. The number of carbonyl (C=O) groups is 4. The van der Waals surface area contributed by atoms with Gasteiger partial charge >= 0.3 is 5.97 Å². The third kappa shape index (κ3) is 10.7. The maximum absolute atomic E-state index is 13.3. The van der Waals surface area contributed by atoms with Crippen LogP contribution in [0.25, 0.3) is 0 Å². The van der Waals surface area contributed by atoms with Crippen LogP contribution in [0.1, 0.15) is 30.4 Å². The smallest absolute Gasteiger partial charge is 0.326 e. The van der Waals surface area contributed by atoms with Gasteiger partial charge in [0.05, 0.1) is 6.61 Å². The molecule has 0 aliphatic heterocycles. The maximum Gasteiger partial charge on any atom is 0.326 e. The number of aromatic hydroxyl groups is 1. The monoisotopic (exact) mass is 543 g/mol. The van der Waals surface area contributed by atoms with Crippen LogP contribution < -0.4 is 27.4 Å². The largest absolute Gasteiger partial charge is 0.508 e. The zero-order chi connectivity index (χ0) is 28.8. The van der Waals surface area contributed by atoms with Gasteiger partial charge in [-0.05, 0) is 49.1 Å². The maximum atomic E-state index is 13.3. The summed E-state index contributed by atoms with van der Waals surface area (Å²) < 4.78 is 0. The summed E-state index contributed by atoms with van der Waals surface area (Å²) in [6.45, 7) is -0.241. The van der Waals surface area contributed by atoms with Crippen molar-refractivity contribution < 1.29 is 34.5 Å². The number of amides is 3. The topological polar surface area (TPSA) is 217 Å². The number of rotatable bonds is 16. The van der Waals surface area contributed by atoms with Crippen molar-refractivity contribution in [2.24, 2.45) is 11.5 Å². The van der Waals surface area contributed by atoms with Crippen molar-refractivity contribution in [3.63, 3.8) is 0 Å². The molecule has 0 spiro atoms. The minimum atomic E-state index is -1.26. The molecule has 12 nitrogen and oxygen atoms in total. The lowest BCUT2D eigenvalue weighted by Gasteiger charge is -2.25. The highest BCUT2D eigenvalue weighted by atomic mass is 16.4. The number of phenolic OH excluding ortho intramolecular Hbond substituents is 1. The molecule has 0 aliphatic carbocycles. The molecule has 39 heavy (non-hydrogen) atoms. The minimum absolute atomic E-state index is 0.0143.